The molecule has 0 aromatic rings. The molecule has 21 heavy (non-hydrogen) atoms. The van der Waals surface area contributed by atoms with Crippen molar-refractivity contribution in [1.29, 1.82) is 0 Å². The topological polar surface area (TPSA) is 205 Å². The third-order valence-electron chi connectivity index (χ3n) is 2.55. The molecule has 0 aliphatic rings. The fourth-order valence-corrected chi connectivity index (χ4v) is 1.30. The second-order valence-corrected chi connectivity index (χ2v) is 4.17. The summed E-state index contributed by atoms with van der Waals surface area (Å²) in [6.45, 7) is -1.84. The molecule has 8 N–H and O–H groups in total. The summed E-state index contributed by atoms with van der Waals surface area (Å²) in [5.41, 5.74) is 0. The van der Waals surface area contributed by atoms with E-state index in [2.05, 4.69) is 4.74 Å². The van der Waals surface area contributed by atoms with Crippen LogP contribution in [0.5, 0.6) is 0 Å². The molecule has 0 aliphatic carbocycles. The minimum atomic E-state index is -2.37. The maximum absolute atomic E-state index is 10.7. The molecule has 0 saturated carbocycles. The molecule has 0 amide bonds. The first kappa shape index (κ1) is 19.7. The highest BCUT2D eigenvalue weighted by molar-refractivity contribution is 5.73. The van der Waals surface area contributed by atoms with Crippen molar-refractivity contribution in [3.63, 3.8) is 0 Å². The van der Waals surface area contributed by atoms with Gasteiger partial charge in [0.2, 0.25) is 0 Å². The molecule has 0 heterocycles. The molecule has 6 atom stereocenters. The van der Waals surface area contributed by atoms with Gasteiger partial charge >= 0.3 is 11.9 Å². The Hall–Kier alpha value is -1.34. The minimum Gasteiger partial charge on any atom is -0.479 e. The quantitative estimate of drug-likeness (QED) is 0.192. The summed E-state index contributed by atoms with van der Waals surface area (Å²) in [6, 6.07) is 0. The average Bonchev–Trinajstić information content (AvgIpc) is 2.43. The van der Waals surface area contributed by atoms with Crippen molar-refractivity contribution in [2.45, 2.75) is 36.6 Å². The maximum Gasteiger partial charge on any atom is 0.335 e. The third-order valence-corrected chi connectivity index (χ3v) is 2.55. The van der Waals surface area contributed by atoms with Gasteiger partial charge in [-0.3, -0.25) is 0 Å². The molecule has 0 saturated heterocycles. The highest BCUT2D eigenvalue weighted by Crippen LogP contribution is 2.08. The Labute approximate surface area is 118 Å². The summed E-state index contributed by atoms with van der Waals surface area (Å²) in [7, 11) is 0. The van der Waals surface area contributed by atoms with E-state index in [1.54, 1.807) is 0 Å². The van der Waals surface area contributed by atoms with Gasteiger partial charge in [0.15, 0.2) is 12.2 Å². The predicted octanol–water partition coefficient (Wildman–Crippen LogP) is -4.66. The van der Waals surface area contributed by atoms with E-state index >= 15 is 0 Å². The molecule has 124 valence electrons. The monoisotopic (exact) mass is 314 g/mol. The first-order chi connectivity index (χ1) is 9.63. The number of aliphatic hydroxyl groups excluding tert-OH is 6. The Morgan fingerprint density at radius 3 is 1.76 bits per heavy atom. The smallest absolute Gasteiger partial charge is 0.335 e. The molecule has 0 rings (SSSR count). The fraction of sp³-hybridized carbons (Fsp3) is 0.800. The molecule has 0 bridgehead atoms. The van der Waals surface area contributed by atoms with Gasteiger partial charge in [-0.1, -0.05) is 0 Å². The van der Waals surface area contributed by atoms with E-state index in [0.717, 1.165) is 0 Å². The van der Waals surface area contributed by atoms with E-state index in [-0.39, 0.29) is 0 Å². The number of carbonyl (C=O) groups is 2. The van der Waals surface area contributed by atoms with Crippen LogP contribution in [0.25, 0.3) is 0 Å². The SMILES string of the molecule is O=C(O)C(OC[C@@H](O)[C@@H](O)[C@@H](O)[C@@H](O)C(=O)O)C(O)CO. The van der Waals surface area contributed by atoms with Crippen LogP contribution in [-0.4, -0.2) is 103 Å². The van der Waals surface area contributed by atoms with E-state index in [4.69, 9.17) is 25.5 Å². The van der Waals surface area contributed by atoms with E-state index < -0.39 is 61.8 Å². The molecule has 0 radical (unpaired) electrons. The van der Waals surface area contributed by atoms with Gasteiger partial charge in [-0.25, -0.2) is 9.59 Å². The maximum atomic E-state index is 10.7. The number of rotatable bonds is 10. The van der Waals surface area contributed by atoms with Crippen molar-refractivity contribution in [2.75, 3.05) is 13.2 Å². The number of carboxylic acid groups (broad SMARTS) is 2. The van der Waals surface area contributed by atoms with Crippen molar-refractivity contribution in [3.8, 4) is 0 Å². The van der Waals surface area contributed by atoms with Gasteiger partial charge in [0.05, 0.1) is 13.2 Å². The van der Waals surface area contributed by atoms with Gasteiger partial charge in [0.25, 0.3) is 0 Å². The van der Waals surface area contributed by atoms with Crippen LogP contribution in [-0.2, 0) is 14.3 Å². The Bertz CT molecular complexity index is 346. The summed E-state index contributed by atoms with van der Waals surface area (Å²) in [5, 5.41) is 71.9. The third kappa shape index (κ3) is 5.89. The molecule has 11 nitrogen and oxygen atoms in total. The largest absolute Gasteiger partial charge is 0.479 e. The van der Waals surface area contributed by atoms with Crippen molar-refractivity contribution in [3.05, 3.63) is 0 Å². The zero-order chi connectivity index (χ0) is 16.7. The molecule has 0 fully saturated rings. The number of ether oxygens (including phenoxy) is 1. The van der Waals surface area contributed by atoms with Gasteiger partial charge in [0.1, 0.15) is 24.4 Å². The molecule has 0 aromatic carbocycles. The number of aliphatic hydroxyl groups is 6. The molecule has 11 heteroatoms. The molecule has 0 aliphatic heterocycles. The minimum absolute atomic E-state index is 0.904. The summed E-state index contributed by atoms with van der Waals surface area (Å²) >= 11 is 0. The average molecular weight is 314 g/mol. The first-order valence-electron chi connectivity index (χ1n) is 5.71. The van der Waals surface area contributed by atoms with Crippen LogP contribution in [0.1, 0.15) is 0 Å². The zero-order valence-corrected chi connectivity index (χ0v) is 10.7. The van der Waals surface area contributed by atoms with Gasteiger partial charge < -0.3 is 45.6 Å². The van der Waals surface area contributed by atoms with Gasteiger partial charge in [-0.05, 0) is 0 Å². The summed E-state index contributed by atoms with van der Waals surface area (Å²) in [4.78, 5) is 21.1. The highest BCUT2D eigenvalue weighted by Gasteiger charge is 2.36. The van der Waals surface area contributed by atoms with E-state index in [0.29, 0.717) is 0 Å². The fourth-order valence-electron chi connectivity index (χ4n) is 1.30. The highest BCUT2D eigenvalue weighted by atomic mass is 16.5. The number of hydrogen-bond donors (Lipinski definition) is 8. The van der Waals surface area contributed by atoms with E-state index in [1.165, 1.54) is 0 Å². The number of aliphatic carboxylic acids is 2. The van der Waals surface area contributed by atoms with E-state index in [1.807, 2.05) is 0 Å². The lowest BCUT2D eigenvalue weighted by Gasteiger charge is -2.26. The molecule has 2 unspecified atom stereocenters. The van der Waals surface area contributed by atoms with Crippen LogP contribution in [0.2, 0.25) is 0 Å². The van der Waals surface area contributed by atoms with Gasteiger partial charge in [-0.2, -0.15) is 0 Å². The molecular formula is C10H18O11. The van der Waals surface area contributed by atoms with Crippen LogP contribution in [0.15, 0.2) is 0 Å². The van der Waals surface area contributed by atoms with Crippen molar-refractivity contribution in [1.82, 2.24) is 0 Å². The number of hydrogen-bond acceptors (Lipinski definition) is 9. The van der Waals surface area contributed by atoms with Crippen LogP contribution in [0, 0.1) is 0 Å². The lowest BCUT2D eigenvalue weighted by Crippen LogP contribution is -2.50. The molecular weight excluding hydrogens is 296 g/mol. The normalized spacial score (nSPS) is 20.1. The second kappa shape index (κ2) is 8.84. The summed E-state index contributed by atoms with van der Waals surface area (Å²) < 4.78 is 4.57. The van der Waals surface area contributed by atoms with Crippen molar-refractivity contribution < 1.29 is 55.2 Å². The Morgan fingerprint density at radius 1 is 0.857 bits per heavy atom. The summed E-state index contributed by atoms with van der Waals surface area (Å²) in [5.74, 6) is -3.49. The van der Waals surface area contributed by atoms with Crippen LogP contribution >= 0.6 is 0 Å². The predicted molar refractivity (Wildman–Crippen MR) is 62.1 cm³/mol. The Kier molecular flexibility index (Phi) is 8.27. The lowest BCUT2D eigenvalue weighted by atomic mass is 10.0. The lowest BCUT2D eigenvalue weighted by molar-refractivity contribution is -0.175. The van der Waals surface area contributed by atoms with Crippen molar-refractivity contribution >= 4 is 11.9 Å². The summed E-state index contributed by atoms with van der Waals surface area (Å²) in [6.07, 6.45) is -12.4. The van der Waals surface area contributed by atoms with Crippen LogP contribution in [0.3, 0.4) is 0 Å². The van der Waals surface area contributed by atoms with Crippen molar-refractivity contribution in [2.24, 2.45) is 0 Å². The second-order valence-electron chi connectivity index (χ2n) is 4.17. The molecule has 0 spiro atoms. The molecule has 0 aromatic heterocycles. The van der Waals surface area contributed by atoms with Crippen LogP contribution < -0.4 is 0 Å². The Morgan fingerprint density at radius 2 is 1.38 bits per heavy atom. The van der Waals surface area contributed by atoms with Crippen LogP contribution in [0.4, 0.5) is 0 Å². The first-order valence-corrected chi connectivity index (χ1v) is 5.71. The number of carboxylic acids is 2. The standard InChI is InChI=1S/C10H18O11/c11-1-3(12)8(10(19)20)21-2-4(13)5(14)6(15)7(16)9(17)18/h3-8,11-16H,1-2H2,(H,17,18)(H,19,20)/t3?,4-,5-,6-,7-,8?/m1/s1. The van der Waals surface area contributed by atoms with Gasteiger partial charge in [0, 0.05) is 0 Å². The zero-order valence-electron chi connectivity index (χ0n) is 10.7. The van der Waals surface area contributed by atoms with Gasteiger partial charge in [-0.15, -0.1) is 0 Å². The Balaban J connectivity index is 4.56. The van der Waals surface area contributed by atoms with E-state index in [9.17, 15) is 24.9 Å².